The molecule has 0 aromatic carbocycles. The van der Waals surface area contributed by atoms with Crippen molar-refractivity contribution in [3.05, 3.63) is 0 Å². The van der Waals surface area contributed by atoms with Crippen LogP contribution in [0, 0.1) is 5.41 Å². The highest BCUT2D eigenvalue weighted by Gasteiger charge is 2.46. The molecule has 4 nitrogen and oxygen atoms in total. The van der Waals surface area contributed by atoms with Crippen molar-refractivity contribution in [3.8, 4) is 0 Å². The molecule has 1 saturated carbocycles. The average Bonchev–Trinajstić information content (AvgIpc) is 2.33. The van der Waals surface area contributed by atoms with Gasteiger partial charge in [-0.3, -0.25) is 9.59 Å². The van der Waals surface area contributed by atoms with Crippen LogP contribution in [-0.4, -0.2) is 35.0 Å². The zero-order valence-electron chi connectivity index (χ0n) is 12.3. The molecule has 0 unspecified atom stereocenters. The molecule has 110 valence electrons. The SMILES string of the molecule is CCCCN(CCCC)C(=O)CC1(C(=O)O)CCC1. The molecule has 0 radical (unpaired) electrons. The predicted octanol–water partition coefficient (Wildman–Crippen LogP) is 3.06. The fraction of sp³-hybridized carbons (Fsp3) is 0.867. The van der Waals surface area contributed by atoms with Crippen molar-refractivity contribution in [2.45, 2.75) is 65.2 Å². The molecule has 1 N–H and O–H groups in total. The van der Waals surface area contributed by atoms with Crippen molar-refractivity contribution < 1.29 is 14.7 Å². The average molecular weight is 269 g/mol. The van der Waals surface area contributed by atoms with Crippen molar-refractivity contribution in [2.75, 3.05) is 13.1 Å². The molecular formula is C15H27NO3. The molecule has 0 aliphatic heterocycles. The topological polar surface area (TPSA) is 57.6 Å². The van der Waals surface area contributed by atoms with Crippen LogP contribution < -0.4 is 0 Å². The molecule has 19 heavy (non-hydrogen) atoms. The lowest BCUT2D eigenvalue weighted by Crippen LogP contribution is -2.44. The van der Waals surface area contributed by atoms with Gasteiger partial charge >= 0.3 is 5.97 Å². The minimum Gasteiger partial charge on any atom is -0.481 e. The summed E-state index contributed by atoms with van der Waals surface area (Å²) in [4.78, 5) is 25.5. The summed E-state index contributed by atoms with van der Waals surface area (Å²) in [6.45, 7) is 5.75. The molecule has 0 bridgehead atoms. The number of carboxylic acid groups (broad SMARTS) is 1. The summed E-state index contributed by atoms with van der Waals surface area (Å²) >= 11 is 0. The smallest absolute Gasteiger partial charge is 0.310 e. The van der Waals surface area contributed by atoms with Crippen LogP contribution in [0.2, 0.25) is 0 Å². The Bertz CT molecular complexity index is 303. The molecule has 1 aliphatic rings. The lowest BCUT2D eigenvalue weighted by molar-refractivity contribution is -0.159. The summed E-state index contributed by atoms with van der Waals surface area (Å²) in [6.07, 6.45) is 6.54. The largest absolute Gasteiger partial charge is 0.481 e. The van der Waals surface area contributed by atoms with Crippen molar-refractivity contribution in [2.24, 2.45) is 5.41 Å². The minimum absolute atomic E-state index is 0.0315. The minimum atomic E-state index is -0.793. The lowest BCUT2D eigenvalue weighted by atomic mass is 9.66. The number of carboxylic acids is 1. The molecule has 0 spiro atoms. The molecule has 1 fully saturated rings. The lowest BCUT2D eigenvalue weighted by Gasteiger charge is -2.38. The first-order valence-electron chi connectivity index (χ1n) is 7.57. The number of hydrogen-bond donors (Lipinski definition) is 1. The van der Waals surface area contributed by atoms with E-state index in [1.807, 2.05) is 4.90 Å². The molecule has 4 heteroatoms. The number of unbranched alkanes of at least 4 members (excludes halogenated alkanes) is 2. The van der Waals surface area contributed by atoms with Crippen LogP contribution in [0.3, 0.4) is 0 Å². The Morgan fingerprint density at radius 3 is 1.95 bits per heavy atom. The highest BCUT2D eigenvalue weighted by Crippen LogP contribution is 2.44. The van der Waals surface area contributed by atoms with Crippen molar-refractivity contribution in [1.82, 2.24) is 4.90 Å². The maximum absolute atomic E-state index is 12.3. The van der Waals surface area contributed by atoms with Gasteiger partial charge in [-0.2, -0.15) is 0 Å². The third kappa shape index (κ3) is 4.22. The van der Waals surface area contributed by atoms with E-state index in [0.717, 1.165) is 45.2 Å². The van der Waals surface area contributed by atoms with Gasteiger partial charge in [-0.25, -0.2) is 0 Å². The molecule has 0 atom stereocenters. The van der Waals surface area contributed by atoms with E-state index in [9.17, 15) is 14.7 Å². The predicted molar refractivity (Wildman–Crippen MR) is 74.9 cm³/mol. The van der Waals surface area contributed by atoms with Gasteiger partial charge in [-0.1, -0.05) is 33.1 Å². The molecule has 1 rings (SSSR count). The van der Waals surface area contributed by atoms with Crippen LogP contribution >= 0.6 is 0 Å². The van der Waals surface area contributed by atoms with Gasteiger partial charge in [0.15, 0.2) is 0 Å². The Balaban J connectivity index is 2.57. The van der Waals surface area contributed by atoms with E-state index in [1.54, 1.807) is 0 Å². The third-order valence-corrected chi connectivity index (χ3v) is 4.17. The Kier molecular flexibility index (Phi) is 6.32. The summed E-state index contributed by atoms with van der Waals surface area (Å²) in [5.41, 5.74) is -0.756. The van der Waals surface area contributed by atoms with E-state index >= 15 is 0 Å². The summed E-state index contributed by atoms with van der Waals surface area (Å²) in [6, 6.07) is 0. The summed E-state index contributed by atoms with van der Waals surface area (Å²) in [5.74, 6) is -0.762. The monoisotopic (exact) mass is 269 g/mol. The van der Waals surface area contributed by atoms with E-state index < -0.39 is 11.4 Å². The van der Waals surface area contributed by atoms with Gasteiger partial charge in [0.25, 0.3) is 0 Å². The van der Waals surface area contributed by atoms with Crippen molar-refractivity contribution in [1.29, 1.82) is 0 Å². The number of aliphatic carboxylic acids is 1. The summed E-state index contributed by atoms with van der Waals surface area (Å²) < 4.78 is 0. The van der Waals surface area contributed by atoms with E-state index in [2.05, 4.69) is 13.8 Å². The maximum Gasteiger partial charge on any atom is 0.310 e. The van der Waals surface area contributed by atoms with Gasteiger partial charge in [-0.15, -0.1) is 0 Å². The fourth-order valence-electron chi connectivity index (χ4n) is 2.53. The number of rotatable bonds is 9. The van der Waals surface area contributed by atoms with Gasteiger partial charge in [0.05, 0.1) is 5.41 Å². The molecule has 1 aliphatic carbocycles. The van der Waals surface area contributed by atoms with Crippen molar-refractivity contribution in [3.63, 3.8) is 0 Å². The maximum atomic E-state index is 12.3. The van der Waals surface area contributed by atoms with E-state index in [1.165, 1.54) is 0 Å². The second-order valence-corrected chi connectivity index (χ2v) is 5.70. The molecule has 0 aromatic rings. The van der Waals surface area contributed by atoms with Gasteiger partial charge in [0.2, 0.25) is 5.91 Å². The molecule has 0 saturated heterocycles. The first kappa shape index (κ1) is 16.0. The second-order valence-electron chi connectivity index (χ2n) is 5.70. The van der Waals surface area contributed by atoms with Crippen LogP contribution in [-0.2, 0) is 9.59 Å². The number of hydrogen-bond acceptors (Lipinski definition) is 2. The zero-order valence-corrected chi connectivity index (χ0v) is 12.3. The highest BCUT2D eigenvalue weighted by atomic mass is 16.4. The van der Waals surface area contributed by atoms with Crippen LogP contribution in [0.15, 0.2) is 0 Å². The fourth-order valence-corrected chi connectivity index (χ4v) is 2.53. The van der Waals surface area contributed by atoms with Gasteiger partial charge in [0, 0.05) is 19.5 Å². The van der Waals surface area contributed by atoms with Crippen LogP contribution in [0.1, 0.15) is 65.2 Å². The number of carbonyl (C=O) groups is 2. The Morgan fingerprint density at radius 2 is 1.63 bits per heavy atom. The van der Waals surface area contributed by atoms with Gasteiger partial charge in [-0.05, 0) is 25.7 Å². The second kappa shape index (κ2) is 7.51. The van der Waals surface area contributed by atoms with E-state index in [4.69, 9.17) is 0 Å². The molecule has 1 amide bonds. The quantitative estimate of drug-likeness (QED) is 0.700. The summed E-state index contributed by atoms with van der Waals surface area (Å²) in [7, 11) is 0. The van der Waals surface area contributed by atoms with E-state index in [0.29, 0.717) is 12.8 Å². The molecule has 0 heterocycles. The third-order valence-electron chi connectivity index (χ3n) is 4.17. The molecule has 0 aromatic heterocycles. The number of carbonyl (C=O) groups excluding carboxylic acids is 1. The zero-order chi connectivity index (χ0) is 14.3. The molecular weight excluding hydrogens is 242 g/mol. The Morgan fingerprint density at radius 1 is 1.11 bits per heavy atom. The highest BCUT2D eigenvalue weighted by molar-refractivity contribution is 5.85. The van der Waals surface area contributed by atoms with Crippen molar-refractivity contribution >= 4 is 11.9 Å². The van der Waals surface area contributed by atoms with E-state index in [-0.39, 0.29) is 12.3 Å². The number of nitrogens with zero attached hydrogens (tertiary/aromatic N) is 1. The van der Waals surface area contributed by atoms with Crippen LogP contribution in [0.25, 0.3) is 0 Å². The van der Waals surface area contributed by atoms with Gasteiger partial charge < -0.3 is 10.0 Å². The standard InChI is InChI=1S/C15H27NO3/c1-3-5-10-16(11-6-4-2)13(17)12-15(14(18)19)8-7-9-15/h3-12H2,1-2H3,(H,18,19). The first-order valence-corrected chi connectivity index (χ1v) is 7.57. The Hall–Kier alpha value is -1.06. The van der Waals surface area contributed by atoms with Gasteiger partial charge in [0.1, 0.15) is 0 Å². The Labute approximate surface area is 116 Å². The number of amides is 1. The summed E-state index contributed by atoms with van der Waals surface area (Å²) in [5, 5.41) is 9.30. The normalized spacial score (nSPS) is 16.7. The van der Waals surface area contributed by atoms with Crippen LogP contribution in [0.5, 0.6) is 0 Å². The van der Waals surface area contributed by atoms with Crippen LogP contribution in [0.4, 0.5) is 0 Å². The first-order chi connectivity index (χ1) is 9.05.